The Morgan fingerprint density at radius 2 is 2.00 bits per heavy atom. The largest absolute Gasteiger partial charge is 0.454 e. The number of carbonyl (C=O) groups is 1. The number of fused-ring (bicyclic) bond motifs is 2. The Morgan fingerprint density at radius 3 is 2.68 bits per heavy atom. The molecule has 0 fully saturated rings. The van der Waals surface area contributed by atoms with E-state index in [0.29, 0.717) is 30.5 Å². The van der Waals surface area contributed by atoms with Gasteiger partial charge in [0.15, 0.2) is 16.3 Å². The second kappa shape index (κ2) is 6.64. The first-order valence-electron chi connectivity index (χ1n) is 7.53. The van der Waals surface area contributed by atoms with Gasteiger partial charge in [-0.1, -0.05) is 41.5 Å². The standard InChI is InChI=1S/C16H12Cl2N2O3S2/c1-2-3-20-9-5-10-11(23-7-22-10)6-12(9)24-16(20)19-15(21)8-4-13(17)25-14(8)18/h4-6H,2-3,7H2,1H3. The second-order valence-electron chi connectivity index (χ2n) is 5.36. The molecule has 1 amide bonds. The van der Waals surface area contributed by atoms with Gasteiger partial charge in [-0.3, -0.25) is 4.79 Å². The van der Waals surface area contributed by atoms with Gasteiger partial charge in [0.25, 0.3) is 5.91 Å². The molecule has 0 spiro atoms. The van der Waals surface area contributed by atoms with Crippen molar-refractivity contribution in [3.63, 3.8) is 0 Å². The van der Waals surface area contributed by atoms with Crippen molar-refractivity contribution in [2.75, 3.05) is 6.79 Å². The molecular formula is C16H12Cl2N2O3S2. The number of thiophene rings is 1. The highest BCUT2D eigenvalue weighted by molar-refractivity contribution is 7.20. The van der Waals surface area contributed by atoms with Crippen LogP contribution in [0.2, 0.25) is 8.67 Å². The molecule has 1 aromatic carbocycles. The number of ether oxygens (including phenoxy) is 2. The highest BCUT2D eigenvalue weighted by Crippen LogP contribution is 2.37. The van der Waals surface area contributed by atoms with E-state index in [9.17, 15) is 4.79 Å². The number of hydrogen-bond acceptors (Lipinski definition) is 5. The molecule has 0 aliphatic carbocycles. The lowest BCUT2D eigenvalue weighted by Crippen LogP contribution is -2.16. The Kier molecular flexibility index (Phi) is 4.49. The Bertz CT molecular complexity index is 1050. The maximum absolute atomic E-state index is 12.5. The third kappa shape index (κ3) is 3.06. The molecule has 0 saturated heterocycles. The molecule has 0 unspecified atom stereocenters. The predicted molar refractivity (Wildman–Crippen MR) is 100 cm³/mol. The summed E-state index contributed by atoms with van der Waals surface area (Å²) >= 11 is 14.6. The van der Waals surface area contributed by atoms with Crippen LogP contribution in [0.1, 0.15) is 23.7 Å². The first kappa shape index (κ1) is 16.9. The van der Waals surface area contributed by atoms with Gasteiger partial charge in [0, 0.05) is 18.7 Å². The first-order chi connectivity index (χ1) is 12.1. The molecule has 0 atom stereocenters. The Balaban J connectivity index is 1.87. The van der Waals surface area contributed by atoms with Crippen molar-refractivity contribution in [3.05, 3.63) is 37.2 Å². The van der Waals surface area contributed by atoms with E-state index in [4.69, 9.17) is 32.7 Å². The number of benzene rings is 1. The van der Waals surface area contributed by atoms with E-state index in [-0.39, 0.29) is 6.79 Å². The van der Waals surface area contributed by atoms with Crippen molar-refractivity contribution in [1.29, 1.82) is 0 Å². The highest BCUT2D eigenvalue weighted by Gasteiger charge is 2.19. The number of amides is 1. The smallest absolute Gasteiger partial charge is 0.282 e. The van der Waals surface area contributed by atoms with Crippen LogP contribution in [0.15, 0.2) is 23.2 Å². The fourth-order valence-corrected chi connectivity index (χ4v) is 5.13. The highest BCUT2D eigenvalue weighted by atomic mass is 35.5. The molecule has 0 saturated carbocycles. The van der Waals surface area contributed by atoms with E-state index in [1.54, 1.807) is 6.07 Å². The number of carbonyl (C=O) groups excluding carboxylic acids is 1. The molecule has 0 N–H and O–H groups in total. The van der Waals surface area contributed by atoms with Crippen LogP contribution < -0.4 is 14.3 Å². The summed E-state index contributed by atoms with van der Waals surface area (Å²) in [7, 11) is 0. The van der Waals surface area contributed by atoms with Crippen LogP contribution in [0.5, 0.6) is 11.5 Å². The van der Waals surface area contributed by atoms with E-state index in [1.807, 2.05) is 16.7 Å². The van der Waals surface area contributed by atoms with Gasteiger partial charge < -0.3 is 14.0 Å². The fraction of sp³-hybridized carbons (Fsp3) is 0.250. The summed E-state index contributed by atoms with van der Waals surface area (Å²) in [5.74, 6) is 1.02. The molecule has 2 aromatic heterocycles. The molecule has 25 heavy (non-hydrogen) atoms. The van der Waals surface area contributed by atoms with Gasteiger partial charge >= 0.3 is 0 Å². The maximum Gasteiger partial charge on any atom is 0.282 e. The topological polar surface area (TPSA) is 52.8 Å². The van der Waals surface area contributed by atoms with Crippen molar-refractivity contribution in [1.82, 2.24) is 4.57 Å². The van der Waals surface area contributed by atoms with Crippen LogP contribution >= 0.6 is 45.9 Å². The quantitative estimate of drug-likeness (QED) is 0.608. The number of halogens is 2. The first-order valence-corrected chi connectivity index (χ1v) is 9.92. The second-order valence-corrected chi connectivity index (χ2v) is 8.66. The lowest BCUT2D eigenvalue weighted by Gasteiger charge is -2.03. The Hall–Kier alpha value is -1.54. The van der Waals surface area contributed by atoms with Crippen molar-refractivity contribution < 1.29 is 14.3 Å². The van der Waals surface area contributed by atoms with Crippen LogP contribution in [0, 0.1) is 0 Å². The normalized spacial score (nSPS) is 13.8. The molecule has 1 aliphatic heterocycles. The molecule has 3 aromatic rings. The van der Waals surface area contributed by atoms with E-state index in [2.05, 4.69) is 11.9 Å². The molecular weight excluding hydrogens is 403 g/mol. The Morgan fingerprint density at radius 1 is 1.24 bits per heavy atom. The minimum Gasteiger partial charge on any atom is -0.454 e. The minimum absolute atomic E-state index is 0.230. The molecule has 3 heterocycles. The molecule has 5 nitrogen and oxygen atoms in total. The number of rotatable bonds is 3. The number of aromatic nitrogens is 1. The third-order valence-electron chi connectivity index (χ3n) is 3.71. The lowest BCUT2D eigenvalue weighted by molar-refractivity contribution is 0.0998. The SMILES string of the molecule is CCCn1c(=NC(=O)c2cc(Cl)sc2Cl)sc2cc3c(cc21)OCO3. The molecule has 0 radical (unpaired) electrons. The molecule has 9 heteroatoms. The minimum atomic E-state index is -0.399. The van der Waals surface area contributed by atoms with Gasteiger partial charge in [-0.25, -0.2) is 0 Å². The van der Waals surface area contributed by atoms with Crippen molar-refractivity contribution >= 4 is 62.0 Å². The number of thiazole rings is 1. The maximum atomic E-state index is 12.5. The summed E-state index contributed by atoms with van der Waals surface area (Å²) in [4.78, 5) is 17.4. The van der Waals surface area contributed by atoms with Crippen LogP contribution in [0.4, 0.5) is 0 Å². The van der Waals surface area contributed by atoms with E-state index in [0.717, 1.165) is 34.5 Å². The van der Waals surface area contributed by atoms with Crippen LogP contribution in [0.3, 0.4) is 0 Å². The van der Waals surface area contributed by atoms with Crippen LogP contribution in [0.25, 0.3) is 10.2 Å². The average molecular weight is 415 g/mol. The van der Waals surface area contributed by atoms with Gasteiger partial charge in [-0.2, -0.15) is 4.99 Å². The number of hydrogen-bond donors (Lipinski definition) is 0. The van der Waals surface area contributed by atoms with Gasteiger partial charge in [0.05, 0.1) is 20.1 Å². The summed E-state index contributed by atoms with van der Waals surface area (Å²) in [6, 6.07) is 5.41. The van der Waals surface area contributed by atoms with Crippen molar-refractivity contribution in [2.45, 2.75) is 19.9 Å². The summed E-state index contributed by atoms with van der Waals surface area (Å²) in [6.07, 6.45) is 0.909. The number of aryl methyl sites for hydroxylation is 1. The van der Waals surface area contributed by atoms with E-state index >= 15 is 0 Å². The fourth-order valence-electron chi connectivity index (χ4n) is 2.62. The van der Waals surface area contributed by atoms with Gasteiger partial charge in [0.1, 0.15) is 4.34 Å². The third-order valence-corrected chi connectivity index (χ3v) is 6.24. The van der Waals surface area contributed by atoms with Crippen molar-refractivity contribution in [2.24, 2.45) is 4.99 Å². The Labute approximate surface area is 161 Å². The lowest BCUT2D eigenvalue weighted by atomic mass is 10.3. The van der Waals surface area contributed by atoms with Gasteiger partial charge in [-0.15, -0.1) is 11.3 Å². The summed E-state index contributed by atoms with van der Waals surface area (Å²) in [5.41, 5.74) is 1.29. The molecule has 130 valence electrons. The number of nitrogens with zero attached hydrogens (tertiary/aromatic N) is 2. The predicted octanol–water partition coefficient (Wildman–Crippen LogP) is 4.95. The monoisotopic (exact) mass is 414 g/mol. The average Bonchev–Trinajstić information content (AvgIpc) is 3.24. The molecule has 4 rings (SSSR count). The van der Waals surface area contributed by atoms with Gasteiger partial charge in [0.2, 0.25) is 6.79 Å². The summed E-state index contributed by atoms with van der Waals surface area (Å²) in [5, 5.41) is 0. The van der Waals surface area contributed by atoms with E-state index in [1.165, 1.54) is 11.3 Å². The summed E-state index contributed by atoms with van der Waals surface area (Å²) < 4.78 is 14.7. The summed E-state index contributed by atoms with van der Waals surface area (Å²) in [6.45, 7) is 3.04. The van der Waals surface area contributed by atoms with Crippen LogP contribution in [-0.2, 0) is 6.54 Å². The molecule has 1 aliphatic rings. The van der Waals surface area contributed by atoms with Gasteiger partial charge in [-0.05, 0) is 12.5 Å². The molecule has 0 bridgehead atoms. The van der Waals surface area contributed by atoms with E-state index < -0.39 is 5.91 Å². The zero-order valence-electron chi connectivity index (χ0n) is 13.0. The zero-order chi connectivity index (χ0) is 17.6. The van der Waals surface area contributed by atoms with Crippen LogP contribution in [-0.4, -0.2) is 17.3 Å². The zero-order valence-corrected chi connectivity index (χ0v) is 16.2. The van der Waals surface area contributed by atoms with Crippen molar-refractivity contribution in [3.8, 4) is 11.5 Å².